The molecule has 0 fully saturated rings. The summed E-state index contributed by atoms with van der Waals surface area (Å²) in [6.07, 6.45) is 0. The Hall–Kier alpha value is -7.62. The summed E-state index contributed by atoms with van der Waals surface area (Å²) < 4.78 is 13.3. The second-order valence-electron chi connectivity index (χ2n) is 14.5. The molecule has 0 aliphatic carbocycles. The highest BCUT2D eigenvalue weighted by Crippen LogP contribution is 2.45. The molecule has 0 atom stereocenters. The Labute approximate surface area is 330 Å². The molecule has 11 aromatic rings. The number of benzene rings is 9. The number of hydrogen-bond acceptors (Lipinski definition) is 3. The summed E-state index contributed by atoms with van der Waals surface area (Å²) in [4.78, 5) is 2.36. The molecule has 0 aliphatic heterocycles. The molecule has 0 bridgehead atoms. The van der Waals surface area contributed by atoms with Crippen molar-refractivity contribution in [2.24, 2.45) is 0 Å². The third-order valence-corrected chi connectivity index (χ3v) is 11.1. The minimum Gasteiger partial charge on any atom is -0.455 e. The van der Waals surface area contributed by atoms with Crippen LogP contribution in [0.1, 0.15) is 0 Å². The lowest BCUT2D eigenvalue weighted by Crippen LogP contribution is -2.10. The summed E-state index contributed by atoms with van der Waals surface area (Å²) in [7, 11) is 0. The second-order valence-corrected chi connectivity index (χ2v) is 14.5. The van der Waals surface area contributed by atoms with E-state index in [0.29, 0.717) is 0 Å². The number of anilines is 3. The zero-order valence-corrected chi connectivity index (χ0v) is 31.0. The number of furan rings is 2. The van der Waals surface area contributed by atoms with Crippen LogP contribution in [-0.4, -0.2) is 0 Å². The molecule has 0 N–H and O–H groups in total. The standard InChI is InChI=1S/C54H35NO2/c1-3-13-36(14-4-1)38-25-29-42(30-26-38)55(43-31-27-39(28-32-43)37-15-5-2-6-16-37)44-34-40(45-19-11-21-49-47-17-7-9-23-51(47)56-53(45)49)33-41(35-44)46-20-12-22-50-48-18-8-10-24-52(48)57-54(46)50/h1-35H. The molecule has 0 radical (unpaired) electrons. The number of fused-ring (bicyclic) bond motifs is 6. The molecule has 0 spiro atoms. The van der Waals surface area contributed by atoms with E-state index in [1.165, 1.54) is 22.3 Å². The first kappa shape index (κ1) is 32.8. The molecule has 3 nitrogen and oxygen atoms in total. The maximum atomic E-state index is 6.64. The predicted octanol–water partition coefficient (Wildman–Crippen LogP) is 15.6. The first-order valence-corrected chi connectivity index (χ1v) is 19.3. The van der Waals surface area contributed by atoms with E-state index in [4.69, 9.17) is 8.83 Å². The normalized spacial score (nSPS) is 11.5. The van der Waals surface area contributed by atoms with Gasteiger partial charge in [0.25, 0.3) is 0 Å². The Morgan fingerprint density at radius 2 is 0.649 bits per heavy atom. The maximum absolute atomic E-state index is 6.64. The highest BCUT2D eigenvalue weighted by Gasteiger charge is 2.20. The molecular weight excluding hydrogens is 695 g/mol. The Morgan fingerprint density at radius 1 is 0.263 bits per heavy atom. The Balaban J connectivity index is 1.16. The van der Waals surface area contributed by atoms with Gasteiger partial charge >= 0.3 is 0 Å². The Kier molecular flexibility index (Phi) is 7.82. The van der Waals surface area contributed by atoms with E-state index in [-0.39, 0.29) is 0 Å². The minimum absolute atomic E-state index is 0.870. The smallest absolute Gasteiger partial charge is 0.143 e. The van der Waals surface area contributed by atoms with Crippen molar-refractivity contribution < 1.29 is 8.83 Å². The van der Waals surface area contributed by atoms with E-state index in [0.717, 1.165) is 83.2 Å². The van der Waals surface area contributed by atoms with Crippen LogP contribution in [0, 0.1) is 0 Å². The summed E-state index contributed by atoms with van der Waals surface area (Å²) in [6.45, 7) is 0. The van der Waals surface area contributed by atoms with Crippen molar-refractivity contribution in [1.82, 2.24) is 0 Å². The predicted molar refractivity (Wildman–Crippen MR) is 237 cm³/mol. The molecular formula is C54H35NO2. The van der Waals surface area contributed by atoms with Gasteiger partial charge in [0.05, 0.1) is 0 Å². The molecule has 9 aromatic carbocycles. The number of hydrogen-bond donors (Lipinski definition) is 0. The Bertz CT molecular complexity index is 3000. The van der Waals surface area contributed by atoms with Crippen LogP contribution in [-0.2, 0) is 0 Å². The van der Waals surface area contributed by atoms with Crippen molar-refractivity contribution in [2.45, 2.75) is 0 Å². The van der Waals surface area contributed by atoms with E-state index in [2.05, 4.69) is 193 Å². The topological polar surface area (TPSA) is 29.5 Å². The maximum Gasteiger partial charge on any atom is 0.143 e. The van der Waals surface area contributed by atoms with Crippen LogP contribution in [0.25, 0.3) is 88.4 Å². The van der Waals surface area contributed by atoms with Gasteiger partial charge in [0.1, 0.15) is 22.3 Å². The fourth-order valence-corrected chi connectivity index (χ4v) is 8.31. The first-order chi connectivity index (χ1) is 28.2. The molecule has 2 heterocycles. The monoisotopic (exact) mass is 729 g/mol. The SMILES string of the molecule is c1ccc(-c2ccc(N(c3ccc(-c4ccccc4)cc3)c3cc(-c4cccc5c4oc4ccccc45)cc(-c4cccc5c4oc4ccccc45)c3)cc2)cc1. The van der Waals surface area contributed by atoms with Gasteiger partial charge in [0.2, 0.25) is 0 Å². The summed E-state index contributed by atoms with van der Waals surface area (Å²) in [5, 5.41) is 4.41. The van der Waals surface area contributed by atoms with Gasteiger partial charge in [-0.15, -0.1) is 0 Å². The van der Waals surface area contributed by atoms with Crippen LogP contribution in [0.3, 0.4) is 0 Å². The van der Waals surface area contributed by atoms with Crippen molar-refractivity contribution in [2.75, 3.05) is 4.90 Å². The van der Waals surface area contributed by atoms with Crippen LogP contribution in [0.15, 0.2) is 221 Å². The summed E-state index contributed by atoms with van der Waals surface area (Å²) in [5.74, 6) is 0. The Morgan fingerprint density at radius 3 is 1.11 bits per heavy atom. The third-order valence-electron chi connectivity index (χ3n) is 11.1. The lowest BCUT2D eigenvalue weighted by atomic mass is 9.95. The van der Waals surface area contributed by atoms with Gasteiger partial charge in [-0.2, -0.15) is 0 Å². The molecule has 2 aromatic heterocycles. The molecule has 0 unspecified atom stereocenters. The van der Waals surface area contributed by atoms with Gasteiger partial charge in [0.15, 0.2) is 0 Å². The van der Waals surface area contributed by atoms with Crippen LogP contribution in [0.4, 0.5) is 17.1 Å². The summed E-state index contributed by atoms with van der Waals surface area (Å²) >= 11 is 0. The molecule has 3 heteroatoms. The van der Waals surface area contributed by atoms with Gasteiger partial charge < -0.3 is 13.7 Å². The van der Waals surface area contributed by atoms with Crippen molar-refractivity contribution in [1.29, 1.82) is 0 Å². The fourth-order valence-electron chi connectivity index (χ4n) is 8.31. The average molecular weight is 730 g/mol. The fraction of sp³-hybridized carbons (Fsp3) is 0. The number of rotatable bonds is 7. The van der Waals surface area contributed by atoms with Crippen LogP contribution >= 0.6 is 0 Å². The zero-order valence-electron chi connectivity index (χ0n) is 31.0. The van der Waals surface area contributed by atoms with Crippen molar-refractivity contribution >= 4 is 60.9 Å². The zero-order chi connectivity index (χ0) is 37.7. The number of para-hydroxylation sites is 4. The second kappa shape index (κ2) is 13.6. The van der Waals surface area contributed by atoms with E-state index in [1.54, 1.807) is 0 Å². The van der Waals surface area contributed by atoms with Gasteiger partial charge in [-0.3, -0.25) is 0 Å². The molecule has 11 rings (SSSR count). The van der Waals surface area contributed by atoms with Crippen LogP contribution in [0.5, 0.6) is 0 Å². The highest BCUT2D eigenvalue weighted by molar-refractivity contribution is 6.12. The summed E-state index contributed by atoms with van der Waals surface area (Å²) in [5.41, 5.74) is 15.5. The van der Waals surface area contributed by atoms with Crippen molar-refractivity contribution in [3.8, 4) is 44.5 Å². The lowest BCUT2D eigenvalue weighted by molar-refractivity contribution is 0.670. The number of nitrogens with zero attached hydrogens (tertiary/aromatic N) is 1. The average Bonchev–Trinajstić information content (AvgIpc) is 3.86. The van der Waals surface area contributed by atoms with Gasteiger partial charge in [-0.1, -0.05) is 158 Å². The highest BCUT2D eigenvalue weighted by atomic mass is 16.3. The van der Waals surface area contributed by atoms with Gasteiger partial charge in [0, 0.05) is 49.7 Å². The van der Waals surface area contributed by atoms with Gasteiger partial charge in [-0.05, 0) is 88.0 Å². The van der Waals surface area contributed by atoms with Gasteiger partial charge in [-0.25, -0.2) is 0 Å². The molecule has 0 amide bonds. The molecule has 0 saturated heterocycles. The summed E-state index contributed by atoms with van der Waals surface area (Å²) in [6, 6.07) is 75.1. The molecule has 0 saturated carbocycles. The van der Waals surface area contributed by atoms with Crippen molar-refractivity contribution in [3.05, 3.63) is 212 Å². The van der Waals surface area contributed by atoms with E-state index >= 15 is 0 Å². The quantitative estimate of drug-likeness (QED) is 0.164. The third kappa shape index (κ3) is 5.76. The van der Waals surface area contributed by atoms with E-state index in [1.807, 2.05) is 24.3 Å². The largest absolute Gasteiger partial charge is 0.455 e. The van der Waals surface area contributed by atoms with Crippen molar-refractivity contribution in [3.63, 3.8) is 0 Å². The molecule has 57 heavy (non-hydrogen) atoms. The van der Waals surface area contributed by atoms with E-state index in [9.17, 15) is 0 Å². The van der Waals surface area contributed by atoms with Crippen LogP contribution in [0.2, 0.25) is 0 Å². The minimum atomic E-state index is 0.870. The van der Waals surface area contributed by atoms with Crippen LogP contribution < -0.4 is 4.90 Å². The molecule has 0 aliphatic rings. The van der Waals surface area contributed by atoms with E-state index < -0.39 is 0 Å². The molecule has 268 valence electrons. The lowest BCUT2D eigenvalue weighted by Gasteiger charge is -2.27. The first-order valence-electron chi connectivity index (χ1n) is 19.3.